The molecule has 21 heavy (non-hydrogen) atoms. The van der Waals surface area contributed by atoms with Crippen LogP contribution in [0.1, 0.15) is 41.7 Å². The first kappa shape index (κ1) is 13.8. The third-order valence-corrected chi connectivity index (χ3v) is 4.02. The lowest BCUT2D eigenvalue weighted by molar-refractivity contribution is -0.116. The lowest BCUT2D eigenvalue weighted by atomic mass is 9.91. The molecule has 0 aliphatic carbocycles. The molecule has 3 rings (SSSR count). The maximum Gasteiger partial charge on any atom is 0.224 e. The summed E-state index contributed by atoms with van der Waals surface area (Å²) in [5.41, 5.74) is 4.94. The molecule has 0 aromatic heterocycles. The Morgan fingerprint density at radius 3 is 2.62 bits per heavy atom. The summed E-state index contributed by atoms with van der Waals surface area (Å²) in [5.74, 6) is 0.0774. The summed E-state index contributed by atoms with van der Waals surface area (Å²) in [6.45, 7) is 2.06. The molecule has 3 nitrogen and oxygen atoms in total. The first-order chi connectivity index (χ1) is 10.2. The molecule has 1 atom stereocenters. The van der Waals surface area contributed by atoms with E-state index in [4.69, 9.17) is 0 Å². The third-order valence-electron chi connectivity index (χ3n) is 4.02. The molecule has 2 aromatic rings. The number of carbonyl (C=O) groups excluding carboxylic acids is 1. The first-order valence-electron chi connectivity index (χ1n) is 7.37. The molecule has 1 aliphatic rings. The van der Waals surface area contributed by atoms with E-state index in [1.165, 1.54) is 0 Å². The van der Waals surface area contributed by atoms with Gasteiger partial charge in [0, 0.05) is 12.1 Å². The highest BCUT2D eigenvalue weighted by Gasteiger charge is 2.20. The Hall–Kier alpha value is -2.13. The van der Waals surface area contributed by atoms with Gasteiger partial charge < -0.3 is 10.4 Å². The molecule has 1 unspecified atom stereocenters. The zero-order valence-corrected chi connectivity index (χ0v) is 12.1. The molecule has 0 saturated carbocycles. The summed E-state index contributed by atoms with van der Waals surface area (Å²) >= 11 is 0. The molecule has 0 spiro atoms. The minimum Gasteiger partial charge on any atom is -0.384 e. The number of aliphatic hydroxyl groups is 1. The number of hydrogen-bond donors (Lipinski definition) is 2. The molecule has 1 amide bonds. The maximum atomic E-state index is 11.6. The van der Waals surface area contributed by atoms with E-state index in [0.29, 0.717) is 6.42 Å². The number of aliphatic hydroxyl groups excluding tert-OH is 1. The average molecular weight is 281 g/mol. The van der Waals surface area contributed by atoms with Gasteiger partial charge in [-0.05, 0) is 35.1 Å². The van der Waals surface area contributed by atoms with Crippen molar-refractivity contribution < 1.29 is 9.90 Å². The van der Waals surface area contributed by atoms with Crippen LogP contribution in [0.15, 0.2) is 42.5 Å². The Bertz CT molecular complexity index is 647. The van der Waals surface area contributed by atoms with Gasteiger partial charge in [-0.25, -0.2) is 0 Å². The van der Waals surface area contributed by atoms with E-state index in [2.05, 4.69) is 12.2 Å². The topological polar surface area (TPSA) is 49.3 Å². The highest BCUT2D eigenvalue weighted by Crippen LogP contribution is 2.32. The van der Waals surface area contributed by atoms with Crippen LogP contribution in [-0.4, -0.2) is 11.0 Å². The van der Waals surface area contributed by atoms with Crippen molar-refractivity contribution in [2.24, 2.45) is 0 Å². The van der Waals surface area contributed by atoms with Crippen molar-refractivity contribution in [1.29, 1.82) is 0 Å². The number of nitrogens with one attached hydrogen (secondary N) is 1. The van der Waals surface area contributed by atoms with Crippen molar-refractivity contribution in [2.45, 2.75) is 32.3 Å². The van der Waals surface area contributed by atoms with Gasteiger partial charge in [-0.1, -0.05) is 49.4 Å². The molecule has 3 heteroatoms. The number of carbonyl (C=O) groups is 1. The molecule has 2 aromatic carbocycles. The summed E-state index contributed by atoms with van der Waals surface area (Å²) in [7, 11) is 0. The highest BCUT2D eigenvalue weighted by atomic mass is 16.3. The second-order valence-electron chi connectivity index (χ2n) is 5.43. The van der Waals surface area contributed by atoms with Crippen molar-refractivity contribution in [3.05, 3.63) is 64.7 Å². The van der Waals surface area contributed by atoms with Crippen LogP contribution in [0.5, 0.6) is 0 Å². The van der Waals surface area contributed by atoms with Crippen molar-refractivity contribution in [1.82, 2.24) is 0 Å². The van der Waals surface area contributed by atoms with Crippen molar-refractivity contribution >= 4 is 11.6 Å². The van der Waals surface area contributed by atoms with Gasteiger partial charge in [-0.2, -0.15) is 0 Å². The SMILES string of the molecule is CCc1cc(C(O)c2ccccc2)cc2c1NC(=O)CC2. The number of benzene rings is 2. The van der Waals surface area contributed by atoms with Gasteiger partial charge in [0.25, 0.3) is 0 Å². The van der Waals surface area contributed by atoms with E-state index < -0.39 is 6.10 Å². The minimum absolute atomic E-state index is 0.0774. The Morgan fingerprint density at radius 1 is 1.14 bits per heavy atom. The van der Waals surface area contributed by atoms with Crippen LogP contribution in [0.3, 0.4) is 0 Å². The van der Waals surface area contributed by atoms with Crippen molar-refractivity contribution in [3.8, 4) is 0 Å². The van der Waals surface area contributed by atoms with Gasteiger partial charge in [0.05, 0.1) is 0 Å². The lowest BCUT2D eigenvalue weighted by Crippen LogP contribution is -2.21. The van der Waals surface area contributed by atoms with Crippen molar-refractivity contribution in [3.63, 3.8) is 0 Å². The van der Waals surface area contributed by atoms with Crippen LogP contribution in [0, 0.1) is 0 Å². The van der Waals surface area contributed by atoms with Gasteiger partial charge >= 0.3 is 0 Å². The highest BCUT2D eigenvalue weighted by molar-refractivity contribution is 5.95. The summed E-state index contributed by atoms with van der Waals surface area (Å²) in [6.07, 6.45) is 1.46. The second kappa shape index (κ2) is 5.70. The standard InChI is InChI=1S/C18H19NO2/c1-2-12-10-15(18(21)13-6-4-3-5-7-13)11-14-8-9-16(20)19-17(12)14/h3-7,10-11,18,21H,2,8-9H2,1H3,(H,19,20). The Balaban J connectivity index is 2.03. The van der Waals surface area contributed by atoms with Crippen LogP contribution in [-0.2, 0) is 17.6 Å². The molecule has 2 N–H and O–H groups in total. The van der Waals surface area contributed by atoms with Crippen LogP contribution < -0.4 is 5.32 Å². The molecule has 0 saturated heterocycles. The van der Waals surface area contributed by atoms with E-state index in [1.807, 2.05) is 42.5 Å². The summed E-state index contributed by atoms with van der Waals surface area (Å²) in [6, 6.07) is 13.7. The van der Waals surface area contributed by atoms with Crippen LogP contribution >= 0.6 is 0 Å². The number of aryl methyl sites for hydroxylation is 2. The molecular formula is C18H19NO2. The Kier molecular flexibility index (Phi) is 3.76. The van der Waals surface area contributed by atoms with Gasteiger partial charge in [0.1, 0.15) is 6.10 Å². The second-order valence-corrected chi connectivity index (χ2v) is 5.43. The van der Waals surface area contributed by atoms with Crippen molar-refractivity contribution in [2.75, 3.05) is 5.32 Å². The molecule has 0 fully saturated rings. The van der Waals surface area contributed by atoms with Crippen LogP contribution in [0.4, 0.5) is 5.69 Å². The normalized spacial score (nSPS) is 15.2. The third kappa shape index (κ3) is 2.69. The monoisotopic (exact) mass is 281 g/mol. The van der Waals surface area contributed by atoms with Gasteiger partial charge in [0.2, 0.25) is 5.91 Å². The van der Waals surface area contributed by atoms with E-state index in [9.17, 15) is 9.90 Å². The molecule has 1 heterocycles. The van der Waals surface area contributed by atoms with Crippen LogP contribution in [0.2, 0.25) is 0 Å². The predicted octanol–water partition coefficient (Wildman–Crippen LogP) is 3.22. The van der Waals surface area contributed by atoms with Gasteiger partial charge in [0.15, 0.2) is 0 Å². The quantitative estimate of drug-likeness (QED) is 0.907. The molecular weight excluding hydrogens is 262 g/mol. The molecule has 1 aliphatic heterocycles. The number of anilines is 1. The van der Waals surface area contributed by atoms with Gasteiger partial charge in [-0.3, -0.25) is 4.79 Å². The fraction of sp³-hybridized carbons (Fsp3) is 0.278. The van der Waals surface area contributed by atoms with E-state index in [1.54, 1.807) is 0 Å². The summed E-state index contributed by atoms with van der Waals surface area (Å²) < 4.78 is 0. The number of fused-ring (bicyclic) bond motifs is 1. The predicted molar refractivity (Wildman–Crippen MR) is 83.3 cm³/mol. The number of rotatable bonds is 3. The minimum atomic E-state index is -0.626. The molecule has 0 radical (unpaired) electrons. The average Bonchev–Trinajstić information content (AvgIpc) is 2.54. The number of amides is 1. The molecule has 0 bridgehead atoms. The van der Waals surface area contributed by atoms with Crippen LogP contribution in [0.25, 0.3) is 0 Å². The fourth-order valence-electron chi connectivity index (χ4n) is 2.87. The van der Waals surface area contributed by atoms with Gasteiger partial charge in [-0.15, -0.1) is 0 Å². The van der Waals surface area contributed by atoms with E-state index in [0.717, 1.165) is 40.8 Å². The smallest absolute Gasteiger partial charge is 0.224 e. The zero-order valence-electron chi connectivity index (χ0n) is 12.1. The number of hydrogen-bond acceptors (Lipinski definition) is 2. The lowest BCUT2D eigenvalue weighted by Gasteiger charge is -2.23. The van der Waals surface area contributed by atoms with E-state index >= 15 is 0 Å². The fourth-order valence-corrected chi connectivity index (χ4v) is 2.87. The first-order valence-corrected chi connectivity index (χ1v) is 7.37. The Morgan fingerprint density at radius 2 is 1.90 bits per heavy atom. The van der Waals surface area contributed by atoms with E-state index in [-0.39, 0.29) is 5.91 Å². The summed E-state index contributed by atoms with van der Waals surface area (Å²) in [5, 5.41) is 13.5. The summed E-state index contributed by atoms with van der Waals surface area (Å²) in [4.78, 5) is 11.6. The Labute approximate surface area is 124 Å². The molecule has 108 valence electrons. The zero-order chi connectivity index (χ0) is 14.8. The maximum absolute atomic E-state index is 11.6. The largest absolute Gasteiger partial charge is 0.384 e.